The van der Waals surface area contributed by atoms with Gasteiger partial charge in [0, 0.05) is 12.4 Å². The van der Waals surface area contributed by atoms with Gasteiger partial charge in [-0.2, -0.15) is 0 Å². The Hall–Kier alpha value is -3.33. The van der Waals surface area contributed by atoms with Crippen molar-refractivity contribution in [3.8, 4) is 11.5 Å². The largest absolute Gasteiger partial charge is 0.506 e. The Morgan fingerprint density at radius 3 is 1.68 bits per heavy atom. The lowest BCUT2D eigenvalue weighted by Crippen LogP contribution is -2.13. The predicted molar refractivity (Wildman–Crippen MR) is 92.2 cm³/mol. The summed E-state index contributed by atoms with van der Waals surface area (Å²) < 4.78 is 0. The van der Waals surface area contributed by atoms with Crippen molar-refractivity contribution in [2.75, 3.05) is 0 Å². The zero-order valence-corrected chi connectivity index (χ0v) is 13.3. The normalized spacial score (nSPS) is 11.2. The second-order valence-electron chi connectivity index (χ2n) is 5.16. The van der Waals surface area contributed by atoms with Gasteiger partial charge in [-0.05, 0) is 24.3 Å². The van der Waals surface area contributed by atoms with Crippen molar-refractivity contribution in [2.45, 2.75) is 9.79 Å². The number of nitrogens with one attached hydrogen (secondary N) is 2. The molecule has 0 spiro atoms. The molecular weight excluding hydrogens is 344 g/mol. The molecule has 4 aromatic heterocycles. The average Bonchev–Trinajstić information content (AvgIpc) is 2.61. The van der Waals surface area contributed by atoms with Gasteiger partial charge in [-0.15, -0.1) is 0 Å². The molecule has 0 saturated carbocycles. The topological polar surface area (TPSA) is 132 Å². The van der Waals surface area contributed by atoms with Crippen LogP contribution in [0.3, 0.4) is 0 Å². The average molecular weight is 354 g/mol. The lowest BCUT2D eigenvalue weighted by atomic mass is 10.2. The summed E-state index contributed by atoms with van der Waals surface area (Å²) in [5, 5.41) is 21.5. The standard InChI is InChI=1S/C16H10N4O4S/c21-9-7-3-1-5-17-13(7)19-15(23)11(9)25-12-10(22)8-4-2-6-18-14(8)20-16(12)24/h1-6H,(H2,17,19,21,23)(H2,18,20,22,24). The highest BCUT2D eigenvalue weighted by Gasteiger charge is 2.19. The van der Waals surface area contributed by atoms with E-state index in [4.69, 9.17) is 0 Å². The minimum Gasteiger partial charge on any atom is -0.506 e. The molecule has 0 fully saturated rings. The van der Waals surface area contributed by atoms with Crippen LogP contribution in [0.2, 0.25) is 0 Å². The number of hydrogen-bond acceptors (Lipinski definition) is 7. The maximum absolute atomic E-state index is 12.3. The third-order valence-corrected chi connectivity index (χ3v) is 4.80. The first-order valence-corrected chi connectivity index (χ1v) is 7.95. The van der Waals surface area contributed by atoms with Gasteiger partial charge >= 0.3 is 0 Å². The monoisotopic (exact) mass is 354 g/mol. The summed E-state index contributed by atoms with van der Waals surface area (Å²) in [5.74, 6) is -0.608. The van der Waals surface area contributed by atoms with Crippen LogP contribution in [0.15, 0.2) is 56.0 Å². The predicted octanol–water partition coefficient (Wildman–Crippen LogP) is 1.72. The van der Waals surface area contributed by atoms with Crippen molar-refractivity contribution in [2.24, 2.45) is 0 Å². The van der Waals surface area contributed by atoms with Gasteiger partial charge in [0.05, 0.1) is 10.8 Å². The molecule has 0 saturated heterocycles. The number of fused-ring (bicyclic) bond motifs is 2. The maximum Gasteiger partial charge on any atom is 0.267 e. The molecule has 4 heterocycles. The van der Waals surface area contributed by atoms with Gasteiger partial charge < -0.3 is 20.2 Å². The molecule has 9 heteroatoms. The van der Waals surface area contributed by atoms with E-state index in [2.05, 4.69) is 19.9 Å². The van der Waals surface area contributed by atoms with E-state index >= 15 is 0 Å². The second kappa shape index (κ2) is 5.64. The van der Waals surface area contributed by atoms with E-state index in [1.54, 1.807) is 24.3 Å². The molecule has 0 radical (unpaired) electrons. The van der Waals surface area contributed by atoms with Gasteiger partial charge in [0.2, 0.25) is 0 Å². The zero-order valence-electron chi connectivity index (χ0n) is 12.5. The highest BCUT2D eigenvalue weighted by Crippen LogP contribution is 2.38. The van der Waals surface area contributed by atoms with Crippen LogP contribution in [0.5, 0.6) is 11.5 Å². The van der Waals surface area contributed by atoms with Crippen molar-refractivity contribution in [1.82, 2.24) is 19.9 Å². The number of aromatic amines is 2. The third kappa shape index (κ3) is 2.41. The van der Waals surface area contributed by atoms with E-state index in [0.717, 1.165) is 0 Å². The molecule has 4 N–H and O–H groups in total. The van der Waals surface area contributed by atoms with E-state index in [1.165, 1.54) is 12.4 Å². The lowest BCUT2D eigenvalue weighted by Gasteiger charge is -2.08. The summed E-state index contributed by atoms with van der Waals surface area (Å²) in [4.78, 5) is 37.3. The van der Waals surface area contributed by atoms with Crippen molar-refractivity contribution < 1.29 is 10.2 Å². The molecule has 4 aromatic rings. The van der Waals surface area contributed by atoms with Crippen LogP contribution in [-0.2, 0) is 0 Å². The van der Waals surface area contributed by atoms with Crippen LogP contribution in [-0.4, -0.2) is 30.1 Å². The summed E-state index contributed by atoms with van der Waals surface area (Å²) >= 11 is 0.681. The number of H-pyrrole nitrogens is 2. The minimum absolute atomic E-state index is 0.107. The van der Waals surface area contributed by atoms with Crippen LogP contribution in [0.25, 0.3) is 22.1 Å². The Labute approximate surface area is 143 Å². The first-order valence-electron chi connectivity index (χ1n) is 7.14. The number of pyridine rings is 4. The highest BCUT2D eigenvalue weighted by molar-refractivity contribution is 7.99. The summed E-state index contributed by atoms with van der Waals surface area (Å²) in [5.41, 5.74) is -0.761. The second-order valence-corrected chi connectivity index (χ2v) is 6.19. The number of aromatic nitrogens is 4. The Balaban J connectivity index is 1.95. The SMILES string of the molecule is O=c1[nH]c2ncccc2c(O)c1Sc1c(O)c2cccnc2[nH]c1=O. The Morgan fingerprint density at radius 2 is 1.24 bits per heavy atom. The van der Waals surface area contributed by atoms with Crippen molar-refractivity contribution in [3.63, 3.8) is 0 Å². The molecule has 0 aliphatic carbocycles. The number of aromatic hydroxyl groups is 2. The van der Waals surface area contributed by atoms with Gasteiger partial charge in [-0.3, -0.25) is 9.59 Å². The Kier molecular flexibility index (Phi) is 3.43. The number of nitrogens with zero attached hydrogens (tertiary/aromatic N) is 2. The quantitative estimate of drug-likeness (QED) is 0.431. The molecule has 25 heavy (non-hydrogen) atoms. The molecule has 0 aromatic carbocycles. The molecule has 0 bridgehead atoms. The molecule has 0 amide bonds. The van der Waals surface area contributed by atoms with Gasteiger partial charge in [0.1, 0.15) is 32.6 Å². The van der Waals surface area contributed by atoms with E-state index < -0.39 is 11.1 Å². The summed E-state index contributed by atoms with van der Waals surface area (Å²) in [6, 6.07) is 6.40. The summed E-state index contributed by atoms with van der Waals surface area (Å²) in [7, 11) is 0. The fourth-order valence-corrected chi connectivity index (χ4v) is 3.38. The van der Waals surface area contributed by atoms with Crippen LogP contribution >= 0.6 is 11.8 Å². The molecule has 124 valence electrons. The van der Waals surface area contributed by atoms with Crippen LogP contribution in [0, 0.1) is 0 Å². The molecule has 0 aliphatic heterocycles. The van der Waals surface area contributed by atoms with Crippen LogP contribution in [0.1, 0.15) is 0 Å². The first kappa shape index (κ1) is 15.2. The minimum atomic E-state index is -0.612. The molecule has 4 rings (SSSR count). The van der Waals surface area contributed by atoms with Gasteiger partial charge in [0.25, 0.3) is 11.1 Å². The molecule has 0 unspecified atom stereocenters. The van der Waals surface area contributed by atoms with Crippen LogP contribution < -0.4 is 11.1 Å². The van der Waals surface area contributed by atoms with Crippen molar-refractivity contribution in [3.05, 3.63) is 57.4 Å². The molecule has 8 nitrogen and oxygen atoms in total. The summed E-state index contributed by atoms with van der Waals surface area (Å²) in [6.07, 6.45) is 2.97. The zero-order chi connectivity index (χ0) is 17.6. The highest BCUT2D eigenvalue weighted by atomic mass is 32.2. The molecule has 0 aliphatic rings. The first-order chi connectivity index (χ1) is 12.1. The lowest BCUT2D eigenvalue weighted by molar-refractivity contribution is 0.464. The van der Waals surface area contributed by atoms with E-state index in [1.807, 2.05) is 0 Å². The van der Waals surface area contributed by atoms with Crippen molar-refractivity contribution in [1.29, 1.82) is 0 Å². The third-order valence-electron chi connectivity index (χ3n) is 3.64. The summed E-state index contributed by atoms with van der Waals surface area (Å²) in [6.45, 7) is 0. The van der Waals surface area contributed by atoms with Crippen molar-refractivity contribution >= 4 is 33.8 Å². The Bertz CT molecular complexity index is 1150. The molecular formula is C16H10N4O4S. The van der Waals surface area contributed by atoms with Gasteiger partial charge in [0.15, 0.2) is 0 Å². The van der Waals surface area contributed by atoms with E-state index in [0.29, 0.717) is 22.5 Å². The Morgan fingerprint density at radius 1 is 0.800 bits per heavy atom. The van der Waals surface area contributed by atoms with E-state index in [-0.39, 0.29) is 32.6 Å². The van der Waals surface area contributed by atoms with E-state index in [9.17, 15) is 19.8 Å². The number of rotatable bonds is 2. The fourth-order valence-electron chi connectivity index (χ4n) is 2.47. The molecule has 0 atom stereocenters. The number of hydrogen-bond donors (Lipinski definition) is 4. The van der Waals surface area contributed by atoms with Crippen LogP contribution in [0.4, 0.5) is 0 Å². The smallest absolute Gasteiger partial charge is 0.267 e. The van der Waals surface area contributed by atoms with Gasteiger partial charge in [-0.25, -0.2) is 9.97 Å². The maximum atomic E-state index is 12.3. The fraction of sp³-hybridized carbons (Fsp3) is 0. The van der Waals surface area contributed by atoms with Gasteiger partial charge in [-0.1, -0.05) is 11.8 Å².